The molecule has 41 heteroatoms. The number of aryl methyl sites for hydroxylation is 1. The van der Waals surface area contributed by atoms with E-state index in [1.54, 1.807) is 0 Å². The van der Waals surface area contributed by atoms with Gasteiger partial charge in [0.2, 0.25) is 18.5 Å². The van der Waals surface area contributed by atoms with Gasteiger partial charge in [0.05, 0.1) is 45.4 Å². The molecule has 3 aliphatic heterocycles. The first kappa shape index (κ1) is 56.0. The lowest BCUT2D eigenvalue weighted by molar-refractivity contribution is -0.646. The molecule has 3 aliphatic rings. The number of nitrogens with zero attached hydrogens (tertiary/aromatic N) is 8. The van der Waals surface area contributed by atoms with Gasteiger partial charge in [-0.3, -0.25) is 42.3 Å². The van der Waals surface area contributed by atoms with Crippen LogP contribution in [0.1, 0.15) is 18.7 Å². The fraction of sp³-hybridized carbons (Fsp3) is 0.576. The van der Waals surface area contributed by atoms with Gasteiger partial charge in [0, 0.05) is 38.2 Å². The number of phosphoric ester groups is 2. The Morgan fingerprint density at radius 3 is 2.15 bits per heavy atom. The number of imidazole rings is 2. The van der Waals surface area contributed by atoms with Gasteiger partial charge in [0.25, 0.3) is 16.7 Å². The summed E-state index contributed by atoms with van der Waals surface area (Å²) in [7, 11) is -13.3. The lowest BCUT2D eigenvalue weighted by Gasteiger charge is -2.26. The molecule has 8 rings (SSSR count). The molecule has 3 fully saturated rings. The fourth-order valence-corrected chi connectivity index (χ4v) is 15.2. The van der Waals surface area contributed by atoms with E-state index >= 15 is 0 Å². The number of nitrogen functional groups attached to an aromatic ring is 2. The summed E-state index contributed by atoms with van der Waals surface area (Å²) in [6.07, 6.45) is -12.7. The maximum atomic E-state index is 13.6. The maximum absolute atomic E-state index is 13.6. The standard InChI is InChI=1S/C33H46N12O24P4S/c1-42-12-45(27-19(42)28(50)41-32(35)40-27)29-20(47)13(6-60-2)14(64-29)7-63-71(54,55)68-72(56,57)69-73(58,59)74-9-16-23(24(61-3)31(66-16)44-11-38-18-25(34)36-10-37-26(18)44)67-70(52,53)62-8-15-21(48)22(49)30(65-15)43-5-4-17(46)39-33(43)51/h4-5,10-16,20-24,29-31,47-49H,6-9H2,1-3H3,(H9-,34,35,36,37,39,40,41,46,50,51,52,53,54,55,56,57,58,59)/p+1/t13-,14-,15-,16-,20-,21-,22-,23-,24-,29-,30-,31-/m1/s1. The molecule has 8 heterocycles. The predicted molar refractivity (Wildman–Crippen MR) is 244 cm³/mol. The third-order valence-corrected chi connectivity index (χ3v) is 19.1. The molecule has 0 amide bonds. The van der Waals surface area contributed by atoms with Crippen LogP contribution in [0, 0.1) is 5.92 Å². The van der Waals surface area contributed by atoms with Crippen molar-refractivity contribution in [3.63, 3.8) is 0 Å². The van der Waals surface area contributed by atoms with Gasteiger partial charge in [-0.25, -0.2) is 42.6 Å². The first-order chi connectivity index (χ1) is 34.7. The number of hydrogen-bond acceptors (Lipinski definition) is 27. The third-order valence-electron chi connectivity index (χ3n) is 11.5. The van der Waals surface area contributed by atoms with E-state index < -0.39 is 139 Å². The van der Waals surface area contributed by atoms with E-state index in [2.05, 4.69) is 33.5 Å². The van der Waals surface area contributed by atoms with Crippen LogP contribution in [0.25, 0.3) is 22.3 Å². The second-order valence-corrected chi connectivity index (χ2v) is 24.9. The summed E-state index contributed by atoms with van der Waals surface area (Å²) in [6, 6.07) is 0.934. The van der Waals surface area contributed by atoms with E-state index in [1.807, 2.05) is 4.98 Å². The minimum Gasteiger partial charge on any atom is -0.387 e. The van der Waals surface area contributed by atoms with E-state index in [-0.39, 0.29) is 52.1 Å². The van der Waals surface area contributed by atoms with Crippen LogP contribution < -0.4 is 32.8 Å². The first-order valence-electron chi connectivity index (χ1n) is 21.1. The normalized spacial score (nSPS) is 30.6. The van der Waals surface area contributed by atoms with Gasteiger partial charge in [0.15, 0.2) is 23.9 Å². The minimum absolute atomic E-state index is 0.0117. The molecule has 5 aromatic heterocycles. The molecule has 0 aliphatic carbocycles. The largest absolute Gasteiger partial charge is 0.488 e. The highest BCUT2D eigenvalue weighted by atomic mass is 32.7. The number of H-pyrrole nitrogens is 2. The Bertz CT molecular complexity index is 3270. The van der Waals surface area contributed by atoms with Crippen LogP contribution >= 0.6 is 41.6 Å². The molecule has 4 unspecified atom stereocenters. The number of rotatable bonds is 21. The lowest BCUT2D eigenvalue weighted by atomic mass is 9.99. The Balaban J connectivity index is 0.939. The van der Waals surface area contributed by atoms with Gasteiger partial charge in [-0.15, -0.1) is 0 Å². The zero-order valence-electron chi connectivity index (χ0n) is 38.1. The fourth-order valence-electron chi connectivity index (χ4n) is 8.27. The highest BCUT2D eigenvalue weighted by Gasteiger charge is 2.54. The van der Waals surface area contributed by atoms with Gasteiger partial charge >= 0.3 is 41.5 Å². The zero-order chi connectivity index (χ0) is 53.8. The van der Waals surface area contributed by atoms with Gasteiger partial charge in [-0.1, -0.05) is 0 Å². The molecule has 0 aromatic carbocycles. The Labute approximate surface area is 416 Å². The second-order valence-electron chi connectivity index (χ2n) is 16.3. The van der Waals surface area contributed by atoms with Gasteiger partial charge in [-0.05, 0) is 11.4 Å². The number of aromatic amines is 2. The molecule has 36 nitrogen and oxygen atoms in total. The Kier molecular flexibility index (Phi) is 16.4. The third kappa shape index (κ3) is 11.8. The topological polar surface area (TPSA) is 507 Å². The maximum Gasteiger partial charge on any atom is 0.488 e. The number of fused-ring (bicyclic) bond motifs is 2. The van der Waals surface area contributed by atoms with Crippen molar-refractivity contribution in [1.29, 1.82) is 0 Å². The SMILES string of the molecule is COC[C@H]1[C@@H](O)[C@H](n2c[n+](C)c3c(=O)[nH]c(N)nc32)O[C@@H]1COP(=O)(O)OP(=O)(O)OP(=O)(O)SC[C@H]1O[C@@H](n2cnc3c(N)ncnc32)[C@H](OC)[C@@H]1OP(=O)(O)OC[C@H]1O[C@@H](n2ccc(=O)[nH]c2=O)[C@H](O)[C@@H]1O. The van der Waals surface area contributed by atoms with Crippen molar-refractivity contribution >= 4 is 75.7 Å². The molecular formula is C33H47N12O24P4S+. The highest BCUT2D eigenvalue weighted by molar-refractivity contribution is 8.55. The molecule has 74 heavy (non-hydrogen) atoms. The first-order valence-corrected chi connectivity index (χ1v) is 28.8. The Hall–Kier alpha value is -4.23. The lowest BCUT2D eigenvalue weighted by Crippen LogP contribution is -2.38. The van der Waals surface area contributed by atoms with E-state index in [4.69, 9.17) is 48.7 Å². The molecule has 0 radical (unpaired) electrons. The molecule has 3 saturated heterocycles. The van der Waals surface area contributed by atoms with Gasteiger partial charge in [0.1, 0.15) is 48.5 Å². The number of aromatic nitrogens is 10. The number of aliphatic hydroxyl groups is 3. The average Bonchev–Trinajstić information content (AvgIpc) is 4.10. The van der Waals surface area contributed by atoms with Crippen LogP contribution in [-0.4, -0.2) is 167 Å². The summed E-state index contributed by atoms with van der Waals surface area (Å²) < 4.78 is 110. The summed E-state index contributed by atoms with van der Waals surface area (Å²) in [5.41, 5.74) is 9.41. The van der Waals surface area contributed by atoms with Crippen LogP contribution in [0.5, 0.6) is 0 Å². The number of phosphoric acid groups is 3. The van der Waals surface area contributed by atoms with Crippen molar-refractivity contribution in [1.82, 2.24) is 43.6 Å². The Morgan fingerprint density at radius 2 is 1.45 bits per heavy atom. The molecular weight excluding hydrogens is 1100 g/mol. The Morgan fingerprint density at radius 1 is 0.770 bits per heavy atom. The molecule has 16 atom stereocenters. The van der Waals surface area contributed by atoms with E-state index in [1.165, 1.54) is 40.5 Å². The molecule has 0 bridgehead atoms. The van der Waals surface area contributed by atoms with Crippen molar-refractivity contribution in [3.8, 4) is 0 Å². The summed E-state index contributed by atoms with van der Waals surface area (Å²) >= 11 is -0.157. The van der Waals surface area contributed by atoms with Crippen molar-refractivity contribution < 1.29 is 104 Å². The average molecular weight is 1150 g/mol. The smallest absolute Gasteiger partial charge is 0.387 e. The van der Waals surface area contributed by atoms with E-state index in [9.17, 15) is 67.5 Å². The summed E-state index contributed by atoms with van der Waals surface area (Å²) in [5, 5.41) is 32.5. The van der Waals surface area contributed by atoms with E-state index in [0.717, 1.165) is 30.3 Å². The number of ether oxygens (including phenoxy) is 5. The number of aliphatic hydroxyl groups excluding tert-OH is 3. The van der Waals surface area contributed by atoms with Crippen LogP contribution in [0.3, 0.4) is 0 Å². The molecule has 0 saturated carbocycles. The number of methoxy groups -OCH3 is 2. The molecule has 13 N–H and O–H groups in total. The molecule has 408 valence electrons. The number of nitrogens with one attached hydrogen (secondary N) is 2. The summed E-state index contributed by atoms with van der Waals surface area (Å²) in [5.74, 6) is -2.19. The second kappa shape index (κ2) is 21.7. The number of nitrogens with two attached hydrogens (primary N) is 2. The minimum atomic E-state index is -6.07. The monoisotopic (exact) mass is 1150 g/mol. The van der Waals surface area contributed by atoms with Crippen LogP contribution in [0.15, 0.2) is 45.6 Å². The van der Waals surface area contributed by atoms with Crippen LogP contribution in [0.4, 0.5) is 11.8 Å². The van der Waals surface area contributed by atoms with Crippen molar-refractivity contribution in [2.75, 3.05) is 51.3 Å². The summed E-state index contributed by atoms with van der Waals surface area (Å²) in [4.78, 5) is 99.8. The van der Waals surface area contributed by atoms with Crippen molar-refractivity contribution in [3.05, 3.63) is 62.4 Å². The number of anilines is 2. The number of hydrogen-bond donors (Lipinski definition) is 11. The van der Waals surface area contributed by atoms with E-state index in [0.29, 0.717) is 0 Å². The highest BCUT2D eigenvalue weighted by Crippen LogP contribution is 2.72. The molecule has 0 spiro atoms. The van der Waals surface area contributed by atoms with Crippen LogP contribution in [-0.2, 0) is 71.2 Å². The van der Waals surface area contributed by atoms with Gasteiger partial charge < -0.3 is 70.0 Å². The quantitative estimate of drug-likeness (QED) is 0.0254. The summed E-state index contributed by atoms with van der Waals surface area (Å²) in [6.45, 7) is -7.69. The predicted octanol–water partition coefficient (Wildman–Crippen LogP) is -3.26. The van der Waals surface area contributed by atoms with Gasteiger partial charge in [-0.2, -0.15) is 18.2 Å². The van der Waals surface area contributed by atoms with Crippen LogP contribution in [0.2, 0.25) is 0 Å². The van der Waals surface area contributed by atoms with Crippen molar-refractivity contribution in [2.45, 2.75) is 67.5 Å². The molecule has 5 aromatic rings. The van der Waals surface area contributed by atoms with Crippen molar-refractivity contribution in [2.24, 2.45) is 13.0 Å². The zero-order valence-corrected chi connectivity index (χ0v) is 42.5.